The average Bonchev–Trinajstić information content (AvgIpc) is 2.74. The van der Waals surface area contributed by atoms with Crippen LogP contribution in [0.5, 0.6) is 0 Å². The molecular formula is C22H22N4O2. The van der Waals surface area contributed by atoms with Gasteiger partial charge in [0.1, 0.15) is 0 Å². The molecule has 6 heteroatoms. The largest absolute Gasteiger partial charge is 0.365 e. The van der Waals surface area contributed by atoms with Crippen molar-refractivity contribution in [2.45, 2.75) is 6.54 Å². The summed E-state index contributed by atoms with van der Waals surface area (Å²) in [5.74, 6) is -0.253. The number of carbonyl (C=O) groups excluding carboxylic acids is 2. The van der Waals surface area contributed by atoms with Crippen molar-refractivity contribution in [1.82, 2.24) is 10.3 Å². The molecule has 0 bridgehead atoms. The molecule has 0 unspecified atom stereocenters. The molecule has 0 spiro atoms. The zero-order chi connectivity index (χ0) is 19.8. The van der Waals surface area contributed by atoms with E-state index in [1.807, 2.05) is 54.4 Å². The highest BCUT2D eigenvalue weighted by Crippen LogP contribution is 2.11. The maximum absolute atomic E-state index is 12.2. The highest BCUT2D eigenvalue weighted by atomic mass is 16.2. The summed E-state index contributed by atoms with van der Waals surface area (Å²) in [5.41, 5.74) is 3.16. The minimum absolute atomic E-state index is 0.0640. The van der Waals surface area contributed by atoms with Crippen molar-refractivity contribution in [3.63, 3.8) is 0 Å². The lowest BCUT2D eigenvalue weighted by Crippen LogP contribution is -2.34. The van der Waals surface area contributed by atoms with Gasteiger partial charge < -0.3 is 15.5 Å². The van der Waals surface area contributed by atoms with Crippen molar-refractivity contribution in [1.29, 1.82) is 0 Å². The molecule has 6 nitrogen and oxygen atoms in total. The molecule has 28 heavy (non-hydrogen) atoms. The Labute approximate surface area is 164 Å². The molecule has 0 aliphatic heterocycles. The van der Waals surface area contributed by atoms with Crippen molar-refractivity contribution >= 4 is 23.2 Å². The van der Waals surface area contributed by atoms with E-state index in [1.165, 1.54) is 0 Å². The van der Waals surface area contributed by atoms with Crippen LogP contribution in [0.15, 0.2) is 79.1 Å². The number of likely N-dealkylation sites (N-methyl/N-ethyl adjacent to an activating group) is 1. The minimum Gasteiger partial charge on any atom is -0.365 e. The van der Waals surface area contributed by atoms with Crippen molar-refractivity contribution < 1.29 is 9.59 Å². The van der Waals surface area contributed by atoms with Gasteiger partial charge in [-0.3, -0.25) is 14.6 Å². The van der Waals surface area contributed by atoms with Crippen LogP contribution in [0.1, 0.15) is 15.9 Å². The van der Waals surface area contributed by atoms with Gasteiger partial charge in [0.2, 0.25) is 5.91 Å². The summed E-state index contributed by atoms with van der Waals surface area (Å²) in [7, 11) is 1.88. The van der Waals surface area contributed by atoms with Crippen LogP contribution < -0.4 is 15.5 Å². The summed E-state index contributed by atoms with van der Waals surface area (Å²) in [6, 6.07) is 20.4. The van der Waals surface area contributed by atoms with Crippen LogP contribution in [0.2, 0.25) is 0 Å². The highest BCUT2D eigenvalue weighted by molar-refractivity contribution is 6.04. The smallest absolute Gasteiger partial charge is 0.255 e. The third-order valence-electron chi connectivity index (χ3n) is 4.22. The molecule has 142 valence electrons. The Morgan fingerprint density at radius 3 is 2.29 bits per heavy atom. The molecule has 0 aliphatic carbocycles. The number of anilines is 2. The van der Waals surface area contributed by atoms with E-state index >= 15 is 0 Å². The van der Waals surface area contributed by atoms with E-state index in [9.17, 15) is 9.59 Å². The third kappa shape index (κ3) is 5.41. The molecule has 0 radical (unpaired) electrons. The molecule has 2 amide bonds. The zero-order valence-electron chi connectivity index (χ0n) is 15.6. The predicted octanol–water partition coefficient (Wildman–Crippen LogP) is 3.09. The van der Waals surface area contributed by atoms with Crippen molar-refractivity contribution in [2.24, 2.45) is 0 Å². The van der Waals surface area contributed by atoms with Gasteiger partial charge in [-0.1, -0.05) is 30.3 Å². The summed E-state index contributed by atoms with van der Waals surface area (Å²) in [6.45, 7) is 0.685. The first-order valence-electron chi connectivity index (χ1n) is 8.95. The molecule has 0 fully saturated rings. The van der Waals surface area contributed by atoms with Crippen molar-refractivity contribution in [2.75, 3.05) is 23.8 Å². The lowest BCUT2D eigenvalue weighted by atomic mass is 10.1. The number of pyridine rings is 1. The number of hydrogen-bond donors (Lipinski definition) is 2. The SMILES string of the molecule is CN(CC(=O)NCc1ccc(C(=O)Nc2ccncc2)cc1)c1ccccc1. The van der Waals surface area contributed by atoms with Gasteiger partial charge in [0.05, 0.1) is 6.54 Å². The Hall–Kier alpha value is -3.67. The number of aromatic nitrogens is 1. The molecule has 0 saturated carbocycles. The lowest BCUT2D eigenvalue weighted by molar-refractivity contribution is -0.119. The molecule has 0 aliphatic rings. The molecule has 3 rings (SSSR count). The van der Waals surface area contributed by atoms with Crippen molar-refractivity contribution in [3.8, 4) is 0 Å². The van der Waals surface area contributed by atoms with Crippen LogP contribution in [-0.2, 0) is 11.3 Å². The number of rotatable bonds is 7. The first-order chi connectivity index (χ1) is 13.6. The second-order valence-corrected chi connectivity index (χ2v) is 6.36. The summed E-state index contributed by atoms with van der Waals surface area (Å²) in [5, 5.41) is 5.71. The van der Waals surface area contributed by atoms with E-state index in [0.29, 0.717) is 17.8 Å². The predicted molar refractivity (Wildman–Crippen MR) is 110 cm³/mol. The molecule has 0 saturated heterocycles. The maximum Gasteiger partial charge on any atom is 0.255 e. The Kier molecular flexibility index (Phi) is 6.36. The number of hydrogen-bond acceptors (Lipinski definition) is 4. The van der Waals surface area contributed by atoms with Gasteiger partial charge in [-0.25, -0.2) is 0 Å². The molecular weight excluding hydrogens is 352 g/mol. The van der Waals surface area contributed by atoms with Gasteiger partial charge in [-0.05, 0) is 42.0 Å². The van der Waals surface area contributed by atoms with Gasteiger partial charge in [0, 0.05) is 42.9 Å². The fraction of sp³-hybridized carbons (Fsp3) is 0.136. The number of carbonyl (C=O) groups is 2. The number of para-hydroxylation sites is 1. The van der Waals surface area contributed by atoms with Crippen LogP contribution in [0.4, 0.5) is 11.4 Å². The monoisotopic (exact) mass is 374 g/mol. The molecule has 1 aromatic heterocycles. The van der Waals surface area contributed by atoms with Gasteiger partial charge in [-0.15, -0.1) is 0 Å². The number of benzene rings is 2. The topological polar surface area (TPSA) is 74.3 Å². The number of nitrogens with one attached hydrogen (secondary N) is 2. The van der Waals surface area contributed by atoms with Crippen LogP contribution >= 0.6 is 0 Å². The van der Waals surface area contributed by atoms with Crippen LogP contribution in [0, 0.1) is 0 Å². The van der Waals surface area contributed by atoms with Gasteiger partial charge in [-0.2, -0.15) is 0 Å². The van der Waals surface area contributed by atoms with E-state index in [4.69, 9.17) is 0 Å². The van der Waals surface area contributed by atoms with E-state index < -0.39 is 0 Å². The van der Waals surface area contributed by atoms with Crippen LogP contribution in [0.25, 0.3) is 0 Å². The Bertz CT molecular complexity index is 912. The third-order valence-corrected chi connectivity index (χ3v) is 4.22. The average molecular weight is 374 g/mol. The van der Waals surface area contributed by atoms with Gasteiger partial charge >= 0.3 is 0 Å². The standard InChI is InChI=1S/C22H22N4O2/c1-26(20-5-3-2-4-6-20)16-21(27)24-15-17-7-9-18(10-8-17)22(28)25-19-11-13-23-14-12-19/h2-14H,15-16H2,1H3,(H,24,27)(H,23,25,28). The second kappa shape index (κ2) is 9.32. The maximum atomic E-state index is 12.2. The quantitative estimate of drug-likeness (QED) is 0.666. The molecule has 2 aromatic carbocycles. The van der Waals surface area contributed by atoms with Gasteiger partial charge in [0.25, 0.3) is 5.91 Å². The Balaban J connectivity index is 1.49. The second-order valence-electron chi connectivity index (χ2n) is 6.36. The molecule has 0 atom stereocenters. The van der Waals surface area contributed by atoms with Crippen LogP contribution in [-0.4, -0.2) is 30.4 Å². The molecule has 2 N–H and O–H groups in total. The Morgan fingerprint density at radius 2 is 1.61 bits per heavy atom. The number of amides is 2. The normalized spacial score (nSPS) is 10.2. The summed E-state index contributed by atoms with van der Waals surface area (Å²) in [6.07, 6.45) is 3.24. The minimum atomic E-state index is -0.189. The fourth-order valence-electron chi connectivity index (χ4n) is 2.66. The summed E-state index contributed by atoms with van der Waals surface area (Å²) in [4.78, 5) is 30.2. The fourth-order valence-corrected chi connectivity index (χ4v) is 2.66. The lowest BCUT2D eigenvalue weighted by Gasteiger charge is -2.18. The Morgan fingerprint density at radius 1 is 0.929 bits per heavy atom. The van der Waals surface area contributed by atoms with Crippen molar-refractivity contribution in [3.05, 3.63) is 90.3 Å². The summed E-state index contributed by atoms with van der Waals surface area (Å²) >= 11 is 0. The van der Waals surface area contributed by atoms with E-state index in [1.54, 1.807) is 36.7 Å². The first-order valence-corrected chi connectivity index (χ1v) is 8.95. The summed E-state index contributed by atoms with van der Waals surface area (Å²) < 4.78 is 0. The van der Waals surface area contributed by atoms with E-state index in [2.05, 4.69) is 15.6 Å². The van der Waals surface area contributed by atoms with E-state index in [-0.39, 0.29) is 18.4 Å². The molecule has 1 heterocycles. The van der Waals surface area contributed by atoms with E-state index in [0.717, 1.165) is 11.3 Å². The van der Waals surface area contributed by atoms with Crippen LogP contribution in [0.3, 0.4) is 0 Å². The zero-order valence-corrected chi connectivity index (χ0v) is 15.6. The first kappa shape index (κ1) is 19.1. The van der Waals surface area contributed by atoms with Gasteiger partial charge in [0.15, 0.2) is 0 Å². The molecule has 3 aromatic rings. The highest BCUT2D eigenvalue weighted by Gasteiger charge is 2.08. The number of nitrogens with zero attached hydrogens (tertiary/aromatic N) is 2.